The summed E-state index contributed by atoms with van der Waals surface area (Å²) in [6.45, 7) is 14.5. The van der Waals surface area contributed by atoms with Crippen molar-refractivity contribution in [3.63, 3.8) is 0 Å². The van der Waals surface area contributed by atoms with Gasteiger partial charge in [0.2, 0.25) is 11.8 Å². The van der Waals surface area contributed by atoms with Gasteiger partial charge in [-0.2, -0.15) is 9.97 Å². The molecule has 3 aromatic carbocycles. The number of hydrogen-bond donors (Lipinski definition) is 2. The number of benzene rings is 3. The van der Waals surface area contributed by atoms with Crippen molar-refractivity contribution < 1.29 is 47.4 Å². The zero-order valence-corrected chi connectivity index (χ0v) is 52.0. The zero-order chi connectivity index (χ0) is 61.2. The minimum atomic E-state index is -0.864. The average Bonchev–Trinajstić information content (AvgIpc) is 2.51. The number of carbonyl (C=O) groups excluding carboxylic acids is 3. The monoisotopic (exact) mass is 1220 g/mol. The molecule has 0 radical (unpaired) electrons. The number of thiazole rings is 1. The van der Waals surface area contributed by atoms with E-state index in [0.29, 0.717) is 66.9 Å². The van der Waals surface area contributed by atoms with Crippen LogP contribution in [0.1, 0.15) is 120 Å². The van der Waals surface area contributed by atoms with Crippen molar-refractivity contribution in [2.75, 3.05) is 89.3 Å². The number of aromatic nitrogens is 5. The normalized spacial score (nSPS) is 21.5. The number of hydrogen-bond acceptors (Lipinski definition) is 18. The number of amides is 3. The number of β-amino-alcohol motifs (C(OH)–C–C–N with tert-alkyl or cyclic N) is 1. The fraction of sp³-hybridized carbons (Fsp3) is 0.515. The number of aryl methyl sites for hydroxylation is 2. The van der Waals surface area contributed by atoms with Gasteiger partial charge in [-0.05, 0) is 111 Å². The number of pyridine rings is 1. The average molecular weight is 1220 g/mol. The van der Waals surface area contributed by atoms with Crippen molar-refractivity contribution in [1.82, 2.24) is 45.1 Å². The van der Waals surface area contributed by atoms with E-state index in [2.05, 4.69) is 38.2 Å². The molecule has 5 saturated heterocycles. The van der Waals surface area contributed by atoms with Gasteiger partial charge in [0, 0.05) is 83.2 Å². The Morgan fingerprint density at radius 2 is 1.70 bits per heavy atom. The number of aliphatic hydroxyl groups is 1. The first kappa shape index (κ1) is 60.7. The lowest BCUT2D eigenvalue weighted by Crippen LogP contribution is -2.50. The first-order valence-corrected chi connectivity index (χ1v) is 32.2. The minimum absolute atomic E-state index is 0.0103. The van der Waals surface area contributed by atoms with Crippen LogP contribution in [0.4, 0.5) is 20.8 Å². The van der Waals surface area contributed by atoms with Crippen molar-refractivity contribution in [3.05, 3.63) is 101 Å². The second-order valence-corrected chi connectivity index (χ2v) is 25.5. The van der Waals surface area contributed by atoms with E-state index in [1.165, 1.54) is 4.90 Å². The Morgan fingerprint density at radius 3 is 2.44 bits per heavy atom. The summed E-state index contributed by atoms with van der Waals surface area (Å²) in [6, 6.07) is 18.5. The number of aliphatic hydroxyl groups excluding tert-OH is 1. The number of nitrogens with one attached hydrogen (secondary N) is 1. The molecule has 0 spiro atoms. The standard InChI is InChI=1S/C66H80FN11O9S/c1-7-43-14-12-15-46-30-49(86-39-83-6)32-50(56(43)46)58-57(67)59-51(34-68-58)61(75-23-10-8-9-11-24-75)72-64(71-59)85-37-66-21-13-25-78(66)47(20-22-66)36-84-65(82)76-28-26-74(27-29-76)54-33-53(87-73-54)55(40(2)3)63(81)77-35-48(79)31-52(77)62(80)70-41(4)44-16-18-45(19-17-44)60-42(5)69-38-88-60/h12,14-19,30,32-34,38,40-41,47-48,52,55,79H,7-11,13,20-29,31,35-37,39H2,1-6H3,(H,70,80)/t41-,47-,48+,52-,55-,66-/m0/s1. The van der Waals surface area contributed by atoms with Crippen LogP contribution in [0, 0.1) is 18.7 Å². The fourth-order valence-electron chi connectivity index (χ4n) is 14.0. The van der Waals surface area contributed by atoms with E-state index in [1.807, 2.05) is 86.6 Å². The van der Waals surface area contributed by atoms with Gasteiger partial charge in [-0.3, -0.25) is 19.5 Å². The molecular formula is C66H80FN11O9S. The molecule has 0 saturated carbocycles. The Hall–Kier alpha value is -7.53. The molecule has 0 unspecified atom stereocenters. The van der Waals surface area contributed by atoms with E-state index in [4.69, 9.17) is 38.4 Å². The number of rotatable bonds is 19. The third kappa shape index (κ3) is 12.3. The maximum Gasteiger partial charge on any atom is 0.409 e. The van der Waals surface area contributed by atoms with Gasteiger partial charge in [-0.15, -0.1) is 11.3 Å². The summed E-state index contributed by atoms with van der Waals surface area (Å²) < 4.78 is 47.4. The Morgan fingerprint density at radius 1 is 0.909 bits per heavy atom. The van der Waals surface area contributed by atoms with Crippen LogP contribution in [-0.2, 0) is 25.5 Å². The highest BCUT2D eigenvalue weighted by Gasteiger charge is 2.51. The highest BCUT2D eigenvalue weighted by atomic mass is 32.1. The first-order chi connectivity index (χ1) is 42.7. The number of piperazine rings is 1. The Bertz CT molecular complexity index is 3640. The lowest BCUT2D eigenvalue weighted by molar-refractivity contribution is -0.141. The topological polar surface area (TPSA) is 214 Å². The van der Waals surface area contributed by atoms with Crippen LogP contribution in [0.3, 0.4) is 0 Å². The molecule has 466 valence electrons. The van der Waals surface area contributed by atoms with Gasteiger partial charge < -0.3 is 53.5 Å². The number of nitrogens with zero attached hydrogens (tertiary/aromatic N) is 10. The number of methoxy groups -OCH3 is 1. The van der Waals surface area contributed by atoms with E-state index < -0.39 is 23.9 Å². The molecule has 3 amide bonds. The van der Waals surface area contributed by atoms with Gasteiger partial charge in [0.15, 0.2) is 24.2 Å². The van der Waals surface area contributed by atoms with Crippen LogP contribution < -0.4 is 24.6 Å². The lowest BCUT2D eigenvalue weighted by atomic mass is 9.91. The van der Waals surface area contributed by atoms with Crippen molar-refractivity contribution >= 4 is 62.6 Å². The number of halogens is 1. The fourth-order valence-corrected chi connectivity index (χ4v) is 14.8. The van der Waals surface area contributed by atoms with Crippen LogP contribution in [0.25, 0.3) is 43.4 Å². The molecule has 12 rings (SSSR count). The molecule has 4 aromatic heterocycles. The zero-order valence-electron chi connectivity index (χ0n) is 51.2. The second kappa shape index (κ2) is 26.3. The SMILES string of the molecule is CCc1cccc2cc(OCOC)cc(-c3ncc4c(N5CCCCCC5)nc(OC[C@@]56CCCN5[C@H](COC(=O)N5CCN(c7cc([C@@H](C(=O)N8C[C@H](O)C[C@H]8C(=O)N[C@@H](C)c8ccc(-c9scnc9C)cc8)C(C)C)on7)CC5)CC6)nc4c3F)c12. The third-order valence-electron chi connectivity index (χ3n) is 18.7. The molecular weight excluding hydrogens is 1140 g/mol. The molecule has 0 bridgehead atoms. The maximum atomic E-state index is 17.6. The molecule has 22 heteroatoms. The Balaban J connectivity index is 0.672. The molecule has 20 nitrogen and oxygen atoms in total. The summed E-state index contributed by atoms with van der Waals surface area (Å²) in [5.41, 5.74) is 6.43. The predicted octanol–water partition coefficient (Wildman–Crippen LogP) is 10.2. The van der Waals surface area contributed by atoms with E-state index in [1.54, 1.807) is 35.6 Å². The number of carbonyl (C=O) groups is 3. The molecule has 9 heterocycles. The van der Waals surface area contributed by atoms with Gasteiger partial charge in [-0.1, -0.05) is 81.2 Å². The van der Waals surface area contributed by atoms with Crippen LogP contribution in [0.15, 0.2) is 76.9 Å². The van der Waals surface area contributed by atoms with Gasteiger partial charge in [0.1, 0.15) is 48.0 Å². The number of likely N-dealkylation sites (tertiary alicyclic amines) is 1. The maximum absolute atomic E-state index is 17.6. The van der Waals surface area contributed by atoms with Crippen molar-refractivity contribution in [3.8, 4) is 33.5 Å². The molecule has 5 aliphatic heterocycles. The van der Waals surface area contributed by atoms with E-state index in [0.717, 1.165) is 115 Å². The Kier molecular flexibility index (Phi) is 18.1. The highest BCUT2D eigenvalue weighted by Crippen LogP contribution is 2.44. The summed E-state index contributed by atoms with van der Waals surface area (Å²) in [7, 11) is 1.56. The van der Waals surface area contributed by atoms with Crippen LogP contribution in [0.5, 0.6) is 11.8 Å². The highest BCUT2D eigenvalue weighted by molar-refractivity contribution is 7.13. The largest absolute Gasteiger partial charge is 0.468 e. The molecule has 0 aliphatic carbocycles. The third-order valence-corrected chi connectivity index (χ3v) is 19.7. The van der Waals surface area contributed by atoms with Crippen LogP contribution in [-0.4, -0.2) is 166 Å². The molecule has 2 N–H and O–H groups in total. The molecule has 88 heavy (non-hydrogen) atoms. The van der Waals surface area contributed by atoms with Gasteiger partial charge in [0.05, 0.1) is 39.2 Å². The summed E-state index contributed by atoms with van der Waals surface area (Å²) >= 11 is 1.58. The van der Waals surface area contributed by atoms with Gasteiger partial charge in [0.25, 0.3) is 0 Å². The van der Waals surface area contributed by atoms with Gasteiger partial charge >= 0.3 is 12.1 Å². The van der Waals surface area contributed by atoms with Crippen molar-refractivity contribution in [1.29, 1.82) is 0 Å². The Labute approximate surface area is 516 Å². The lowest BCUT2D eigenvalue weighted by Gasteiger charge is -2.36. The minimum Gasteiger partial charge on any atom is -0.468 e. The summed E-state index contributed by atoms with van der Waals surface area (Å²) in [5.74, 6) is -0.0842. The number of anilines is 2. The smallest absolute Gasteiger partial charge is 0.409 e. The summed E-state index contributed by atoms with van der Waals surface area (Å²) in [5, 5.41) is 20.7. The number of ether oxygens (including phenoxy) is 4. The molecule has 7 aromatic rings. The molecule has 6 atom stereocenters. The van der Waals surface area contributed by atoms with E-state index in [9.17, 15) is 19.5 Å². The van der Waals surface area contributed by atoms with Crippen LogP contribution in [0.2, 0.25) is 0 Å². The predicted molar refractivity (Wildman–Crippen MR) is 334 cm³/mol. The first-order valence-electron chi connectivity index (χ1n) is 31.3. The van der Waals surface area contributed by atoms with Crippen molar-refractivity contribution in [2.24, 2.45) is 5.92 Å². The molecule has 5 aliphatic rings. The summed E-state index contributed by atoms with van der Waals surface area (Å²) in [6.07, 6.45) is 9.04. The number of fused-ring (bicyclic) bond motifs is 3. The van der Waals surface area contributed by atoms with Gasteiger partial charge in [-0.25, -0.2) is 14.2 Å². The quantitative estimate of drug-likeness (QED) is 0.0720. The van der Waals surface area contributed by atoms with E-state index >= 15 is 4.39 Å². The summed E-state index contributed by atoms with van der Waals surface area (Å²) in [4.78, 5) is 72.2. The molecule has 5 fully saturated rings. The van der Waals surface area contributed by atoms with E-state index in [-0.39, 0.29) is 85.0 Å². The van der Waals surface area contributed by atoms with Crippen LogP contribution >= 0.6 is 11.3 Å². The van der Waals surface area contributed by atoms with Crippen molar-refractivity contribution in [2.45, 2.75) is 135 Å². The second-order valence-electron chi connectivity index (χ2n) is 24.7.